The quantitative estimate of drug-likeness (QED) is 0.0285. The lowest BCUT2D eigenvalue weighted by molar-refractivity contribution is -0.870. The molecule has 0 aromatic carbocycles. The maximum absolute atomic E-state index is 12.8. The zero-order chi connectivity index (χ0) is 37.2. The van der Waals surface area contributed by atoms with E-state index < -0.39 is 20.0 Å². The zero-order valence-electron chi connectivity index (χ0n) is 33.4. The Kier molecular flexibility index (Phi) is 33.1. The smallest absolute Gasteiger partial charge is 0.268 e. The molecule has 0 fully saturated rings. The second-order valence-electron chi connectivity index (χ2n) is 15.3. The molecule has 0 bridgehead atoms. The summed E-state index contributed by atoms with van der Waals surface area (Å²) in [6.45, 7) is 4.62. The van der Waals surface area contributed by atoms with Crippen LogP contribution < -0.4 is 10.2 Å². The van der Waals surface area contributed by atoms with E-state index in [0.717, 1.165) is 51.4 Å². The highest BCUT2D eigenvalue weighted by molar-refractivity contribution is 7.45. The van der Waals surface area contributed by atoms with Crippen LogP contribution in [0.1, 0.15) is 181 Å². The van der Waals surface area contributed by atoms with Gasteiger partial charge in [-0.05, 0) is 44.9 Å². The summed E-state index contributed by atoms with van der Waals surface area (Å²) in [7, 11) is 1.25. The number of aliphatic hydroxyl groups is 1. The fourth-order valence-corrected chi connectivity index (χ4v) is 6.52. The molecule has 296 valence electrons. The van der Waals surface area contributed by atoms with Crippen LogP contribution in [0.4, 0.5) is 0 Å². The molecule has 0 rings (SSSR count). The van der Waals surface area contributed by atoms with E-state index in [1.807, 2.05) is 27.2 Å². The lowest BCUT2D eigenvalue weighted by atomic mass is 10.0. The molecule has 0 aromatic heterocycles. The fraction of sp³-hybridized carbons (Fsp3) is 0.878. The van der Waals surface area contributed by atoms with Gasteiger partial charge >= 0.3 is 0 Å². The minimum atomic E-state index is -4.58. The summed E-state index contributed by atoms with van der Waals surface area (Å²) in [5.74, 6) is -0.208. The standard InChI is InChI=1S/C41H81N2O6P/c1-6-8-10-12-14-16-18-20-21-23-25-27-29-31-33-35-41(45)42-39(38-49-50(46,47)48-37-36-43(3,4)5)40(44)34-32-30-28-26-24-22-19-17-15-13-11-9-7-2/h20-21,32,34,39-40,44H,6-19,22-31,33,35-38H2,1-5H3,(H-,42,45,46,47). The SMILES string of the molecule is CCCCCCCCC=CCCCCCCCC(=O)NC(COP(=O)([O-])OCC[N+](C)(C)C)C(O)C=CCCCCCCCCCCCCC. The second kappa shape index (κ2) is 33.8. The minimum absolute atomic E-state index is 0.00179. The summed E-state index contributed by atoms with van der Waals surface area (Å²) in [6.07, 6.45) is 37.8. The molecule has 0 saturated carbocycles. The predicted molar refractivity (Wildman–Crippen MR) is 210 cm³/mol. The topological polar surface area (TPSA) is 108 Å². The summed E-state index contributed by atoms with van der Waals surface area (Å²) in [5, 5.41) is 13.7. The van der Waals surface area contributed by atoms with Crippen LogP contribution in [-0.4, -0.2) is 68.5 Å². The van der Waals surface area contributed by atoms with E-state index in [1.54, 1.807) is 6.08 Å². The van der Waals surface area contributed by atoms with Crippen molar-refractivity contribution in [1.82, 2.24) is 5.32 Å². The van der Waals surface area contributed by atoms with Gasteiger partial charge in [-0.3, -0.25) is 9.36 Å². The van der Waals surface area contributed by atoms with Gasteiger partial charge in [0.25, 0.3) is 7.82 Å². The van der Waals surface area contributed by atoms with Gasteiger partial charge in [-0.15, -0.1) is 0 Å². The molecule has 0 heterocycles. The van der Waals surface area contributed by atoms with E-state index in [-0.39, 0.29) is 19.1 Å². The molecule has 0 aliphatic rings. The Morgan fingerprint density at radius 3 is 1.56 bits per heavy atom. The van der Waals surface area contributed by atoms with Gasteiger partial charge in [0.15, 0.2) is 0 Å². The fourth-order valence-electron chi connectivity index (χ4n) is 5.79. The van der Waals surface area contributed by atoms with Crippen molar-refractivity contribution < 1.29 is 32.9 Å². The monoisotopic (exact) mass is 729 g/mol. The average Bonchev–Trinajstić information content (AvgIpc) is 3.06. The van der Waals surface area contributed by atoms with Gasteiger partial charge in [0.2, 0.25) is 5.91 Å². The summed E-state index contributed by atoms with van der Waals surface area (Å²) < 4.78 is 23.1. The Hall–Kier alpha value is -1.02. The maximum Gasteiger partial charge on any atom is 0.268 e. The number of carbonyl (C=O) groups is 1. The number of rotatable bonds is 37. The molecular formula is C41H81N2O6P. The number of phosphoric ester groups is 1. The molecule has 2 N–H and O–H groups in total. The predicted octanol–water partition coefficient (Wildman–Crippen LogP) is 10.3. The van der Waals surface area contributed by atoms with Crippen molar-refractivity contribution in [3.63, 3.8) is 0 Å². The molecule has 0 spiro atoms. The molecule has 8 nitrogen and oxygen atoms in total. The molecule has 50 heavy (non-hydrogen) atoms. The maximum atomic E-state index is 12.8. The molecule has 0 aliphatic carbocycles. The molecule has 0 aliphatic heterocycles. The number of aliphatic hydroxyl groups excluding tert-OH is 1. The number of likely N-dealkylation sites (N-methyl/N-ethyl adjacent to an activating group) is 1. The van der Waals surface area contributed by atoms with Crippen LogP contribution in [0.3, 0.4) is 0 Å². The number of carbonyl (C=O) groups excluding carboxylic acids is 1. The molecule has 0 radical (unpaired) electrons. The van der Waals surface area contributed by atoms with E-state index in [9.17, 15) is 19.4 Å². The molecule has 0 aromatic rings. The van der Waals surface area contributed by atoms with Crippen molar-refractivity contribution in [1.29, 1.82) is 0 Å². The first-order valence-electron chi connectivity index (χ1n) is 20.7. The number of nitrogens with zero attached hydrogens (tertiary/aromatic N) is 1. The molecule has 9 heteroatoms. The number of amides is 1. The highest BCUT2D eigenvalue weighted by Crippen LogP contribution is 2.38. The van der Waals surface area contributed by atoms with Crippen LogP contribution in [0.25, 0.3) is 0 Å². The molecule has 3 atom stereocenters. The average molecular weight is 729 g/mol. The Morgan fingerprint density at radius 2 is 1.10 bits per heavy atom. The third kappa shape index (κ3) is 35.4. The number of nitrogens with one attached hydrogen (secondary N) is 1. The van der Waals surface area contributed by atoms with Crippen molar-refractivity contribution in [2.75, 3.05) is 40.9 Å². The van der Waals surface area contributed by atoms with Gasteiger partial charge in [0.05, 0.1) is 39.9 Å². The van der Waals surface area contributed by atoms with Gasteiger partial charge in [0.1, 0.15) is 13.2 Å². The lowest BCUT2D eigenvalue weighted by Gasteiger charge is -2.29. The van der Waals surface area contributed by atoms with Crippen molar-refractivity contribution in [2.24, 2.45) is 0 Å². The summed E-state index contributed by atoms with van der Waals surface area (Å²) in [4.78, 5) is 25.2. The van der Waals surface area contributed by atoms with Crippen LogP contribution in [0.2, 0.25) is 0 Å². The molecular weight excluding hydrogens is 647 g/mol. The number of unbranched alkanes of at least 4 members (excludes halogenated alkanes) is 22. The van der Waals surface area contributed by atoms with E-state index in [4.69, 9.17) is 9.05 Å². The van der Waals surface area contributed by atoms with E-state index in [1.165, 1.54) is 109 Å². The number of quaternary nitrogens is 1. The van der Waals surface area contributed by atoms with Crippen molar-refractivity contribution in [3.05, 3.63) is 24.3 Å². The minimum Gasteiger partial charge on any atom is -0.756 e. The Morgan fingerprint density at radius 1 is 0.680 bits per heavy atom. The normalized spacial score (nSPS) is 14.8. The van der Waals surface area contributed by atoms with E-state index >= 15 is 0 Å². The van der Waals surface area contributed by atoms with Crippen LogP contribution in [0, 0.1) is 0 Å². The van der Waals surface area contributed by atoms with Crippen molar-refractivity contribution in [2.45, 2.75) is 193 Å². The van der Waals surface area contributed by atoms with Gasteiger partial charge in [-0.25, -0.2) is 0 Å². The summed E-state index contributed by atoms with van der Waals surface area (Å²) in [6, 6.07) is -0.886. The van der Waals surface area contributed by atoms with Gasteiger partial charge in [-0.1, -0.05) is 154 Å². The van der Waals surface area contributed by atoms with Crippen LogP contribution in [0.15, 0.2) is 24.3 Å². The largest absolute Gasteiger partial charge is 0.756 e. The number of allylic oxidation sites excluding steroid dienone is 3. The van der Waals surface area contributed by atoms with E-state index in [0.29, 0.717) is 17.4 Å². The van der Waals surface area contributed by atoms with Crippen LogP contribution in [0.5, 0.6) is 0 Å². The third-order valence-electron chi connectivity index (χ3n) is 9.16. The molecule has 3 unspecified atom stereocenters. The number of hydrogen-bond acceptors (Lipinski definition) is 6. The first-order chi connectivity index (χ1) is 24.0. The van der Waals surface area contributed by atoms with Crippen molar-refractivity contribution in [3.8, 4) is 0 Å². The first kappa shape index (κ1) is 49.0. The van der Waals surface area contributed by atoms with Crippen molar-refractivity contribution >= 4 is 13.7 Å². The Balaban J connectivity index is 4.50. The summed E-state index contributed by atoms with van der Waals surface area (Å²) in [5.41, 5.74) is 0. The van der Waals surface area contributed by atoms with E-state index in [2.05, 4.69) is 31.3 Å². The number of phosphoric acid groups is 1. The highest BCUT2D eigenvalue weighted by atomic mass is 31.2. The first-order valence-corrected chi connectivity index (χ1v) is 22.2. The summed E-state index contributed by atoms with van der Waals surface area (Å²) >= 11 is 0. The molecule has 0 saturated heterocycles. The Labute approximate surface area is 309 Å². The van der Waals surface area contributed by atoms with Gasteiger partial charge < -0.3 is 28.8 Å². The Bertz CT molecular complexity index is 876. The van der Waals surface area contributed by atoms with Crippen LogP contribution in [-0.2, 0) is 18.4 Å². The van der Waals surface area contributed by atoms with Crippen LogP contribution >= 0.6 is 7.82 Å². The lowest BCUT2D eigenvalue weighted by Crippen LogP contribution is -2.45. The van der Waals surface area contributed by atoms with Gasteiger partial charge in [0, 0.05) is 6.42 Å². The van der Waals surface area contributed by atoms with Gasteiger partial charge in [-0.2, -0.15) is 0 Å². The third-order valence-corrected chi connectivity index (χ3v) is 10.1. The highest BCUT2D eigenvalue weighted by Gasteiger charge is 2.23. The zero-order valence-corrected chi connectivity index (χ0v) is 34.2. The second-order valence-corrected chi connectivity index (χ2v) is 16.8. The number of hydrogen-bond donors (Lipinski definition) is 2. The molecule has 1 amide bonds.